The van der Waals surface area contributed by atoms with Crippen LogP contribution in [-0.2, 0) is 10.8 Å². The topological polar surface area (TPSA) is 33.9 Å². The van der Waals surface area contributed by atoms with E-state index in [9.17, 15) is 5.11 Å². The monoisotopic (exact) mass is 410 g/mol. The van der Waals surface area contributed by atoms with Gasteiger partial charge in [0.1, 0.15) is 17.5 Å². The van der Waals surface area contributed by atoms with Crippen molar-refractivity contribution in [1.29, 1.82) is 0 Å². The molecule has 1 aliphatic heterocycles. The van der Waals surface area contributed by atoms with Crippen LogP contribution < -0.4 is 9.64 Å². The Hall–Kier alpha value is -2.00. The summed E-state index contributed by atoms with van der Waals surface area (Å²) >= 11 is 0. The molecule has 2 N–H and O–H groups in total. The van der Waals surface area contributed by atoms with Crippen LogP contribution in [0.3, 0.4) is 0 Å². The minimum atomic E-state index is -0.123. The van der Waals surface area contributed by atoms with Crippen molar-refractivity contribution in [2.45, 2.75) is 77.7 Å². The number of phenolic OH excluding ortho intramolecular Hbond substituents is 1. The van der Waals surface area contributed by atoms with Crippen LogP contribution in [0.5, 0.6) is 11.5 Å². The summed E-state index contributed by atoms with van der Waals surface area (Å²) in [6.45, 7) is 15.5. The molecular formula is C27H40NO2+. The number of hydrogen-bond donors (Lipinski definition) is 2. The Morgan fingerprint density at radius 1 is 0.800 bits per heavy atom. The van der Waals surface area contributed by atoms with Gasteiger partial charge in [0.05, 0.1) is 20.2 Å². The van der Waals surface area contributed by atoms with Gasteiger partial charge in [-0.05, 0) is 66.5 Å². The second kappa shape index (κ2) is 8.63. The van der Waals surface area contributed by atoms with E-state index in [2.05, 4.69) is 77.9 Å². The average molecular weight is 411 g/mol. The van der Waals surface area contributed by atoms with Crippen molar-refractivity contribution in [3.05, 3.63) is 58.7 Å². The van der Waals surface area contributed by atoms with E-state index in [0.29, 0.717) is 5.75 Å². The quantitative estimate of drug-likeness (QED) is 0.730. The SMILES string of the molecule is COc1ccc(C(c2cc(C(C)(C)C)c(O)c(C(C)(C)C)c2)[NH+]2CCCCC2)cc1. The number of rotatable bonds is 4. The molecule has 1 fully saturated rings. The summed E-state index contributed by atoms with van der Waals surface area (Å²) in [5.74, 6) is 1.35. The molecule has 1 saturated heterocycles. The fourth-order valence-corrected chi connectivity index (χ4v) is 4.72. The predicted octanol–water partition coefficient (Wildman–Crippen LogP) is 5.15. The van der Waals surface area contributed by atoms with Crippen molar-refractivity contribution in [1.82, 2.24) is 0 Å². The number of hydrogen-bond acceptors (Lipinski definition) is 2. The fourth-order valence-electron chi connectivity index (χ4n) is 4.72. The maximum absolute atomic E-state index is 11.2. The highest BCUT2D eigenvalue weighted by Gasteiger charge is 2.33. The summed E-state index contributed by atoms with van der Waals surface area (Å²) in [4.78, 5) is 1.62. The Bertz CT molecular complexity index is 815. The molecule has 3 nitrogen and oxygen atoms in total. The van der Waals surface area contributed by atoms with Gasteiger partial charge in [0.15, 0.2) is 0 Å². The first-order chi connectivity index (χ1) is 14.0. The zero-order valence-corrected chi connectivity index (χ0v) is 19.9. The Kier molecular flexibility index (Phi) is 6.52. The van der Waals surface area contributed by atoms with Crippen molar-refractivity contribution in [3.63, 3.8) is 0 Å². The minimum absolute atomic E-state index is 0.123. The van der Waals surface area contributed by atoms with Crippen LogP contribution in [0.1, 0.15) is 89.1 Å². The van der Waals surface area contributed by atoms with Crippen molar-refractivity contribution in [2.24, 2.45) is 0 Å². The standard InChI is InChI=1S/C27H39NO2/c1-26(2,3)22-17-20(18-23(25(22)29)27(4,5)6)24(28-15-9-8-10-16-28)19-11-13-21(30-7)14-12-19/h11-14,17-18,24,29H,8-10,15-16H2,1-7H3/p+1. The van der Waals surface area contributed by atoms with Crippen LogP contribution >= 0.6 is 0 Å². The maximum Gasteiger partial charge on any atom is 0.139 e. The molecule has 3 heteroatoms. The number of ether oxygens (including phenoxy) is 1. The smallest absolute Gasteiger partial charge is 0.139 e. The number of phenols is 1. The lowest BCUT2D eigenvalue weighted by Crippen LogP contribution is -3.13. The Labute approximate surface area is 183 Å². The van der Waals surface area contributed by atoms with Crippen LogP contribution in [-0.4, -0.2) is 25.3 Å². The summed E-state index contributed by atoms with van der Waals surface area (Å²) < 4.78 is 5.40. The van der Waals surface area contributed by atoms with E-state index in [-0.39, 0.29) is 16.9 Å². The number of aromatic hydroxyl groups is 1. The van der Waals surface area contributed by atoms with E-state index in [4.69, 9.17) is 4.74 Å². The number of piperidine rings is 1. The van der Waals surface area contributed by atoms with Crippen molar-refractivity contribution < 1.29 is 14.7 Å². The molecule has 0 spiro atoms. The maximum atomic E-state index is 11.2. The van der Waals surface area contributed by atoms with Crippen LogP contribution in [0.2, 0.25) is 0 Å². The Balaban J connectivity index is 2.21. The Morgan fingerprint density at radius 3 is 1.73 bits per heavy atom. The van der Waals surface area contributed by atoms with Crippen LogP contribution in [0.4, 0.5) is 0 Å². The number of quaternary nitrogens is 1. The third kappa shape index (κ3) is 4.83. The summed E-state index contributed by atoms with van der Waals surface area (Å²) in [7, 11) is 1.72. The van der Waals surface area contributed by atoms with Gasteiger partial charge in [-0.25, -0.2) is 0 Å². The number of nitrogens with one attached hydrogen (secondary N) is 1. The molecular weight excluding hydrogens is 370 g/mol. The van der Waals surface area contributed by atoms with Gasteiger partial charge < -0.3 is 14.7 Å². The molecule has 0 amide bonds. The highest BCUT2D eigenvalue weighted by molar-refractivity contribution is 5.51. The third-order valence-corrected chi connectivity index (χ3v) is 6.43. The molecule has 0 radical (unpaired) electrons. The van der Waals surface area contributed by atoms with Gasteiger partial charge >= 0.3 is 0 Å². The van der Waals surface area contributed by atoms with E-state index in [0.717, 1.165) is 16.9 Å². The summed E-state index contributed by atoms with van der Waals surface area (Å²) in [6, 6.07) is 13.4. The van der Waals surface area contributed by atoms with Gasteiger partial charge in [-0.3, -0.25) is 0 Å². The van der Waals surface area contributed by atoms with Gasteiger partial charge in [-0.1, -0.05) is 41.5 Å². The highest BCUT2D eigenvalue weighted by atomic mass is 16.5. The number of benzene rings is 2. The summed E-state index contributed by atoms with van der Waals surface area (Å²) in [5.41, 5.74) is 4.46. The highest BCUT2D eigenvalue weighted by Crippen LogP contribution is 2.41. The van der Waals surface area contributed by atoms with E-state index < -0.39 is 0 Å². The first-order valence-electron chi connectivity index (χ1n) is 11.4. The Morgan fingerprint density at radius 2 is 1.30 bits per heavy atom. The third-order valence-electron chi connectivity index (χ3n) is 6.43. The van der Waals surface area contributed by atoms with Gasteiger partial charge in [0.25, 0.3) is 0 Å². The van der Waals surface area contributed by atoms with Crippen molar-refractivity contribution >= 4 is 0 Å². The molecule has 30 heavy (non-hydrogen) atoms. The first kappa shape index (κ1) is 22.7. The lowest BCUT2D eigenvalue weighted by Gasteiger charge is -2.35. The van der Waals surface area contributed by atoms with Gasteiger partial charge in [-0.2, -0.15) is 0 Å². The molecule has 0 aliphatic carbocycles. The predicted molar refractivity (Wildman–Crippen MR) is 125 cm³/mol. The molecule has 1 heterocycles. The molecule has 0 aromatic heterocycles. The zero-order chi connectivity index (χ0) is 22.1. The van der Waals surface area contributed by atoms with E-state index in [1.165, 1.54) is 43.5 Å². The largest absolute Gasteiger partial charge is 0.507 e. The second-order valence-corrected chi connectivity index (χ2v) is 10.9. The van der Waals surface area contributed by atoms with Gasteiger partial charge in [0.2, 0.25) is 0 Å². The summed E-state index contributed by atoms with van der Waals surface area (Å²) in [6.07, 6.45) is 3.88. The van der Waals surface area contributed by atoms with Gasteiger partial charge in [0, 0.05) is 22.3 Å². The van der Waals surface area contributed by atoms with E-state index >= 15 is 0 Å². The molecule has 1 atom stereocenters. The lowest BCUT2D eigenvalue weighted by molar-refractivity contribution is -0.930. The van der Waals surface area contributed by atoms with Crippen LogP contribution in [0.25, 0.3) is 0 Å². The van der Waals surface area contributed by atoms with Crippen LogP contribution in [0.15, 0.2) is 36.4 Å². The molecule has 0 saturated carbocycles. The minimum Gasteiger partial charge on any atom is -0.507 e. The van der Waals surface area contributed by atoms with Crippen molar-refractivity contribution in [2.75, 3.05) is 20.2 Å². The molecule has 2 aromatic carbocycles. The van der Waals surface area contributed by atoms with Crippen LogP contribution in [0, 0.1) is 0 Å². The zero-order valence-electron chi connectivity index (χ0n) is 19.9. The van der Waals surface area contributed by atoms with Gasteiger partial charge in [-0.15, -0.1) is 0 Å². The van der Waals surface area contributed by atoms with Crippen molar-refractivity contribution in [3.8, 4) is 11.5 Å². The molecule has 3 rings (SSSR count). The fraction of sp³-hybridized carbons (Fsp3) is 0.556. The van der Waals surface area contributed by atoms with E-state index in [1.54, 1.807) is 12.0 Å². The molecule has 1 unspecified atom stereocenters. The molecule has 2 aromatic rings. The number of methoxy groups -OCH3 is 1. The second-order valence-electron chi connectivity index (χ2n) is 10.9. The molecule has 1 aliphatic rings. The normalized spacial score (nSPS) is 17.0. The first-order valence-corrected chi connectivity index (χ1v) is 11.4. The number of likely N-dealkylation sites (tertiary alicyclic amines) is 1. The van der Waals surface area contributed by atoms with E-state index in [1.807, 2.05) is 0 Å². The summed E-state index contributed by atoms with van der Waals surface area (Å²) in [5, 5.41) is 11.2. The molecule has 0 bridgehead atoms. The lowest BCUT2D eigenvalue weighted by atomic mass is 9.77. The molecule has 164 valence electrons. The average Bonchev–Trinajstić information content (AvgIpc) is 2.69.